The Bertz CT molecular complexity index is 578. The van der Waals surface area contributed by atoms with E-state index in [4.69, 9.17) is 9.47 Å². The van der Waals surface area contributed by atoms with E-state index in [1.54, 1.807) is 12.0 Å². The summed E-state index contributed by atoms with van der Waals surface area (Å²) in [4.78, 5) is 14.4. The van der Waals surface area contributed by atoms with Gasteiger partial charge in [-0.1, -0.05) is 0 Å². The van der Waals surface area contributed by atoms with Crippen LogP contribution in [0.25, 0.3) is 0 Å². The molecule has 1 amide bonds. The first-order valence-corrected chi connectivity index (χ1v) is 8.08. The number of carbonyl (C=O) groups is 1. The number of methoxy groups -OCH3 is 1. The zero-order chi connectivity index (χ0) is 17.2. The predicted molar refractivity (Wildman–Crippen MR) is 91.0 cm³/mol. The van der Waals surface area contributed by atoms with Crippen LogP contribution < -0.4 is 10.1 Å². The summed E-state index contributed by atoms with van der Waals surface area (Å²) in [5.41, 5.74) is 2.89. The van der Waals surface area contributed by atoms with Gasteiger partial charge in [0.05, 0.1) is 13.2 Å². The van der Waals surface area contributed by atoms with Crippen molar-refractivity contribution in [3.8, 4) is 5.75 Å². The molecule has 128 valence electrons. The lowest BCUT2D eigenvalue weighted by Gasteiger charge is -2.38. The number of hydrogen-bond acceptors (Lipinski definition) is 4. The first-order valence-electron chi connectivity index (χ1n) is 8.08. The number of nitrogens with zero attached hydrogens (tertiary/aromatic N) is 1. The van der Waals surface area contributed by atoms with Crippen molar-refractivity contribution in [3.05, 3.63) is 28.8 Å². The van der Waals surface area contributed by atoms with Crippen LogP contribution in [0.5, 0.6) is 5.75 Å². The molecule has 1 unspecified atom stereocenters. The average Bonchev–Trinajstić information content (AvgIpc) is 2.48. The fourth-order valence-corrected chi connectivity index (χ4v) is 2.77. The third kappa shape index (κ3) is 4.16. The van der Waals surface area contributed by atoms with Crippen LogP contribution in [0.1, 0.15) is 43.5 Å². The molecule has 1 aromatic carbocycles. The van der Waals surface area contributed by atoms with Crippen molar-refractivity contribution in [2.75, 3.05) is 26.7 Å². The van der Waals surface area contributed by atoms with Gasteiger partial charge in [-0.2, -0.15) is 0 Å². The molecule has 1 aliphatic rings. The molecule has 1 atom stereocenters. The van der Waals surface area contributed by atoms with Gasteiger partial charge in [0.25, 0.3) is 0 Å². The average molecular weight is 320 g/mol. The molecule has 0 saturated carbocycles. The highest BCUT2D eigenvalue weighted by Crippen LogP contribution is 2.33. The first kappa shape index (κ1) is 17.6. The summed E-state index contributed by atoms with van der Waals surface area (Å²) in [5, 5.41) is 3.36. The topological polar surface area (TPSA) is 50.8 Å². The van der Waals surface area contributed by atoms with Gasteiger partial charge < -0.3 is 14.8 Å². The number of piperazine rings is 1. The largest absolute Gasteiger partial charge is 0.496 e. The minimum atomic E-state index is -0.500. The third-order valence-corrected chi connectivity index (χ3v) is 4.08. The summed E-state index contributed by atoms with van der Waals surface area (Å²) in [6, 6.07) is 4.06. The quantitative estimate of drug-likeness (QED) is 0.909. The number of ether oxygens (including phenoxy) is 2. The zero-order valence-electron chi connectivity index (χ0n) is 15.0. The van der Waals surface area contributed by atoms with Crippen LogP contribution in [0.3, 0.4) is 0 Å². The Morgan fingerprint density at radius 2 is 1.91 bits per heavy atom. The van der Waals surface area contributed by atoms with Crippen LogP contribution in [0.4, 0.5) is 4.79 Å². The molecule has 1 N–H and O–H groups in total. The molecule has 5 nitrogen and oxygen atoms in total. The number of hydrogen-bond donors (Lipinski definition) is 1. The molecule has 0 aromatic heterocycles. The van der Waals surface area contributed by atoms with Gasteiger partial charge in [0.1, 0.15) is 11.4 Å². The lowest BCUT2D eigenvalue weighted by molar-refractivity contribution is 0.0116. The van der Waals surface area contributed by atoms with Gasteiger partial charge in [-0.05, 0) is 57.9 Å². The van der Waals surface area contributed by atoms with Gasteiger partial charge in [0.15, 0.2) is 0 Å². The van der Waals surface area contributed by atoms with Crippen LogP contribution >= 0.6 is 0 Å². The first-order chi connectivity index (χ1) is 10.7. The molecule has 0 spiro atoms. The number of carbonyl (C=O) groups excluding carboxylic acids is 1. The molecular formula is C18H28N2O3. The molecule has 0 aliphatic carbocycles. The lowest BCUT2D eigenvalue weighted by atomic mass is 9.97. The summed E-state index contributed by atoms with van der Waals surface area (Å²) >= 11 is 0. The van der Waals surface area contributed by atoms with E-state index in [2.05, 4.69) is 25.2 Å². The second-order valence-electron chi connectivity index (χ2n) is 7.07. The fourth-order valence-electron chi connectivity index (χ4n) is 2.77. The molecule has 5 heteroatoms. The van der Waals surface area contributed by atoms with Crippen molar-refractivity contribution in [2.45, 2.75) is 46.3 Å². The van der Waals surface area contributed by atoms with Gasteiger partial charge in [0, 0.05) is 25.2 Å². The number of aryl methyl sites for hydroxylation is 2. The van der Waals surface area contributed by atoms with Crippen LogP contribution in [-0.4, -0.2) is 43.3 Å². The summed E-state index contributed by atoms with van der Waals surface area (Å²) in [5.74, 6) is 0.815. The summed E-state index contributed by atoms with van der Waals surface area (Å²) in [6.07, 6.45) is -0.274. The Kier molecular flexibility index (Phi) is 5.19. The number of nitrogens with one attached hydrogen (secondary N) is 1. The molecule has 2 rings (SSSR count). The number of rotatable bonds is 2. The van der Waals surface area contributed by atoms with Crippen molar-refractivity contribution in [2.24, 2.45) is 0 Å². The Balaban J connectivity index is 2.35. The highest BCUT2D eigenvalue weighted by molar-refractivity contribution is 5.69. The maximum Gasteiger partial charge on any atom is 0.410 e. The highest BCUT2D eigenvalue weighted by Gasteiger charge is 2.33. The second-order valence-corrected chi connectivity index (χ2v) is 7.07. The second kappa shape index (κ2) is 6.79. The van der Waals surface area contributed by atoms with E-state index >= 15 is 0 Å². The van der Waals surface area contributed by atoms with Gasteiger partial charge >= 0.3 is 6.09 Å². The molecule has 0 radical (unpaired) electrons. The molecule has 0 bridgehead atoms. The van der Waals surface area contributed by atoms with Crippen LogP contribution in [0.15, 0.2) is 12.1 Å². The lowest BCUT2D eigenvalue weighted by Crippen LogP contribution is -2.50. The number of amides is 1. The summed E-state index contributed by atoms with van der Waals surface area (Å²) in [6.45, 7) is 11.9. The molecule has 1 aromatic rings. The Morgan fingerprint density at radius 1 is 1.26 bits per heavy atom. The Hall–Kier alpha value is -1.75. The third-order valence-electron chi connectivity index (χ3n) is 4.08. The van der Waals surface area contributed by atoms with E-state index in [1.165, 1.54) is 11.1 Å². The molecule has 1 aliphatic heterocycles. The summed E-state index contributed by atoms with van der Waals surface area (Å²) in [7, 11) is 1.67. The standard InChI is InChI=1S/C18H28N2O3/c1-12-9-14(16(22-6)10-13(12)2)15-11-19-7-8-20(15)17(21)23-18(3,4)5/h9-10,15,19H,7-8,11H2,1-6H3. The number of benzene rings is 1. The molecule has 1 fully saturated rings. The Morgan fingerprint density at radius 3 is 2.52 bits per heavy atom. The Labute approximate surface area is 139 Å². The molecule has 1 saturated heterocycles. The monoisotopic (exact) mass is 320 g/mol. The van der Waals surface area contributed by atoms with Crippen LogP contribution in [-0.2, 0) is 4.74 Å². The van der Waals surface area contributed by atoms with Crippen LogP contribution in [0, 0.1) is 13.8 Å². The van der Waals surface area contributed by atoms with E-state index in [1.807, 2.05) is 26.8 Å². The predicted octanol–water partition coefficient (Wildman–Crippen LogP) is 3.19. The fraction of sp³-hybridized carbons (Fsp3) is 0.611. The molecule has 1 heterocycles. The minimum absolute atomic E-state index is 0.0900. The molecular weight excluding hydrogens is 292 g/mol. The maximum atomic E-state index is 12.6. The summed E-state index contributed by atoms with van der Waals surface area (Å²) < 4.78 is 11.1. The smallest absolute Gasteiger partial charge is 0.410 e. The molecule has 23 heavy (non-hydrogen) atoms. The van der Waals surface area contributed by atoms with E-state index in [0.29, 0.717) is 13.1 Å². The van der Waals surface area contributed by atoms with Crippen molar-refractivity contribution in [3.63, 3.8) is 0 Å². The van der Waals surface area contributed by atoms with E-state index in [-0.39, 0.29) is 12.1 Å². The van der Waals surface area contributed by atoms with Crippen molar-refractivity contribution < 1.29 is 14.3 Å². The SMILES string of the molecule is COc1cc(C)c(C)cc1C1CNCCN1C(=O)OC(C)(C)C. The van der Waals surface area contributed by atoms with Crippen molar-refractivity contribution >= 4 is 6.09 Å². The van der Waals surface area contributed by atoms with E-state index in [9.17, 15) is 4.79 Å². The van der Waals surface area contributed by atoms with Crippen molar-refractivity contribution in [1.82, 2.24) is 10.2 Å². The van der Waals surface area contributed by atoms with E-state index in [0.717, 1.165) is 17.9 Å². The van der Waals surface area contributed by atoms with Gasteiger partial charge in [-0.25, -0.2) is 4.79 Å². The van der Waals surface area contributed by atoms with Gasteiger partial charge in [0.2, 0.25) is 0 Å². The normalized spacial score (nSPS) is 18.7. The zero-order valence-corrected chi connectivity index (χ0v) is 15.0. The van der Waals surface area contributed by atoms with Crippen LogP contribution in [0.2, 0.25) is 0 Å². The highest BCUT2D eigenvalue weighted by atomic mass is 16.6. The maximum absolute atomic E-state index is 12.6. The van der Waals surface area contributed by atoms with Gasteiger partial charge in [-0.15, -0.1) is 0 Å². The van der Waals surface area contributed by atoms with Crippen molar-refractivity contribution in [1.29, 1.82) is 0 Å². The van der Waals surface area contributed by atoms with Gasteiger partial charge in [-0.3, -0.25) is 4.90 Å². The van der Waals surface area contributed by atoms with E-state index < -0.39 is 5.60 Å². The minimum Gasteiger partial charge on any atom is -0.496 e.